The van der Waals surface area contributed by atoms with Gasteiger partial charge in [-0.2, -0.15) is 0 Å². The van der Waals surface area contributed by atoms with Crippen LogP contribution in [0, 0.1) is 6.10 Å². The number of aliphatic hydroxyl groups is 1. The first-order chi connectivity index (χ1) is 4.22. The molecule has 2 heteroatoms. The number of halogens is 1. The van der Waals surface area contributed by atoms with Gasteiger partial charge in [0, 0.05) is 0 Å². The number of alkyl halides is 1. The minimum atomic E-state index is -1.10. The molecule has 0 spiro atoms. The van der Waals surface area contributed by atoms with Crippen LogP contribution in [0.4, 0.5) is 4.39 Å². The third-order valence-electron chi connectivity index (χ3n) is 1.27. The summed E-state index contributed by atoms with van der Waals surface area (Å²) in [6, 6.07) is 0. The minimum Gasteiger partial charge on any atom is -0.384 e. The van der Waals surface area contributed by atoms with Crippen LogP contribution in [0.1, 0.15) is 33.1 Å². The van der Waals surface area contributed by atoms with E-state index in [1.165, 1.54) is 0 Å². The van der Waals surface area contributed by atoms with E-state index in [-0.39, 0.29) is 6.10 Å². The van der Waals surface area contributed by atoms with Crippen LogP contribution in [0.25, 0.3) is 0 Å². The molecule has 0 aliphatic carbocycles. The van der Waals surface area contributed by atoms with Crippen molar-refractivity contribution in [2.24, 2.45) is 0 Å². The van der Waals surface area contributed by atoms with Crippen molar-refractivity contribution in [3.05, 3.63) is 6.10 Å². The monoisotopic (exact) mass is 133 g/mol. The summed E-state index contributed by atoms with van der Waals surface area (Å²) in [5.74, 6) is 0. The molecule has 0 fully saturated rings. The van der Waals surface area contributed by atoms with Gasteiger partial charge in [-0.15, -0.1) is 0 Å². The number of aliphatic hydroxyl groups excluding tert-OH is 1. The van der Waals surface area contributed by atoms with E-state index in [0.717, 1.165) is 6.42 Å². The van der Waals surface area contributed by atoms with Crippen molar-refractivity contribution >= 4 is 0 Å². The number of rotatable bonds is 4. The van der Waals surface area contributed by atoms with Crippen molar-refractivity contribution < 1.29 is 9.50 Å². The zero-order chi connectivity index (χ0) is 7.28. The summed E-state index contributed by atoms with van der Waals surface area (Å²) >= 11 is 0. The summed E-state index contributed by atoms with van der Waals surface area (Å²) in [7, 11) is 0. The predicted molar refractivity (Wildman–Crippen MR) is 35.3 cm³/mol. The SMILES string of the molecule is CCCC(F)[C](O)CC. The zero-order valence-corrected chi connectivity index (χ0v) is 6.02. The van der Waals surface area contributed by atoms with Gasteiger partial charge in [0.25, 0.3) is 0 Å². The lowest BCUT2D eigenvalue weighted by molar-refractivity contribution is 0.164. The molecule has 0 aliphatic heterocycles. The van der Waals surface area contributed by atoms with Crippen molar-refractivity contribution in [2.45, 2.75) is 39.3 Å². The normalized spacial score (nSPS) is 14.3. The lowest BCUT2D eigenvalue weighted by Gasteiger charge is -2.10. The molecule has 1 atom stereocenters. The Morgan fingerprint density at radius 2 is 2.11 bits per heavy atom. The average Bonchev–Trinajstić information content (AvgIpc) is 1.87. The first-order valence-electron chi connectivity index (χ1n) is 3.41. The molecular weight excluding hydrogens is 119 g/mol. The first kappa shape index (κ1) is 8.89. The highest BCUT2D eigenvalue weighted by Gasteiger charge is 2.15. The van der Waals surface area contributed by atoms with E-state index >= 15 is 0 Å². The smallest absolute Gasteiger partial charge is 0.132 e. The summed E-state index contributed by atoms with van der Waals surface area (Å²) in [5, 5.41) is 8.80. The molecule has 1 nitrogen and oxygen atoms in total. The van der Waals surface area contributed by atoms with Crippen molar-refractivity contribution in [3.8, 4) is 0 Å². The second kappa shape index (κ2) is 4.74. The Kier molecular flexibility index (Phi) is 4.68. The molecule has 0 aromatic rings. The Hall–Kier alpha value is -0.110. The van der Waals surface area contributed by atoms with Crippen LogP contribution in [0.15, 0.2) is 0 Å². The topological polar surface area (TPSA) is 20.2 Å². The maximum atomic E-state index is 12.5. The van der Waals surface area contributed by atoms with E-state index in [9.17, 15) is 4.39 Å². The molecule has 0 aromatic carbocycles. The largest absolute Gasteiger partial charge is 0.384 e. The van der Waals surface area contributed by atoms with Crippen molar-refractivity contribution in [1.82, 2.24) is 0 Å². The molecule has 9 heavy (non-hydrogen) atoms. The molecule has 0 rings (SSSR count). The van der Waals surface area contributed by atoms with Crippen molar-refractivity contribution in [2.75, 3.05) is 0 Å². The molecule has 0 aromatic heterocycles. The zero-order valence-electron chi connectivity index (χ0n) is 6.02. The van der Waals surface area contributed by atoms with Crippen LogP contribution >= 0.6 is 0 Å². The molecule has 0 saturated heterocycles. The van der Waals surface area contributed by atoms with E-state index in [1.54, 1.807) is 6.92 Å². The fourth-order valence-corrected chi connectivity index (χ4v) is 0.642. The van der Waals surface area contributed by atoms with Gasteiger partial charge in [-0.1, -0.05) is 20.3 Å². The quantitative estimate of drug-likeness (QED) is 0.624. The standard InChI is InChI=1S/C7H14FO/c1-3-5-6(8)7(9)4-2/h6,9H,3-5H2,1-2H3. The van der Waals surface area contributed by atoms with E-state index < -0.39 is 6.17 Å². The Morgan fingerprint density at radius 1 is 1.56 bits per heavy atom. The molecule has 0 aliphatic rings. The van der Waals surface area contributed by atoms with Crippen molar-refractivity contribution in [1.29, 1.82) is 0 Å². The molecule has 1 radical (unpaired) electrons. The average molecular weight is 133 g/mol. The highest BCUT2D eigenvalue weighted by molar-refractivity contribution is 4.82. The third kappa shape index (κ3) is 3.46. The fourth-order valence-electron chi connectivity index (χ4n) is 0.642. The minimum absolute atomic E-state index is 0.0168. The number of hydrogen-bond acceptors (Lipinski definition) is 1. The molecule has 1 N–H and O–H groups in total. The summed E-state index contributed by atoms with van der Waals surface area (Å²) < 4.78 is 12.5. The second-order valence-corrected chi connectivity index (χ2v) is 2.10. The Labute approximate surface area is 55.9 Å². The van der Waals surface area contributed by atoms with E-state index in [4.69, 9.17) is 5.11 Å². The van der Waals surface area contributed by atoms with Gasteiger partial charge in [0.15, 0.2) is 0 Å². The van der Waals surface area contributed by atoms with Crippen molar-refractivity contribution in [3.63, 3.8) is 0 Å². The van der Waals surface area contributed by atoms with E-state index in [2.05, 4.69) is 0 Å². The van der Waals surface area contributed by atoms with Gasteiger partial charge in [-0.05, 0) is 12.8 Å². The molecular formula is C7H14FO. The van der Waals surface area contributed by atoms with Gasteiger partial charge < -0.3 is 5.11 Å². The summed E-state index contributed by atoms with van der Waals surface area (Å²) in [6.45, 7) is 3.65. The Bertz CT molecular complexity index is 65.9. The van der Waals surface area contributed by atoms with Crippen LogP contribution in [0.2, 0.25) is 0 Å². The maximum Gasteiger partial charge on any atom is 0.132 e. The van der Waals surface area contributed by atoms with Gasteiger partial charge in [-0.25, -0.2) is 4.39 Å². The fraction of sp³-hybridized carbons (Fsp3) is 0.857. The predicted octanol–water partition coefficient (Wildman–Crippen LogP) is 2.44. The van der Waals surface area contributed by atoms with Gasteiger partial charge in [0.2, 0.25) is 0 Å². The summed E-state index contributed by atoms with van der Waals surface area (Å²) in [4.78, 5) is 0. The van der Waals surface area contributed by atoms with Crippen LogP contribution in [0.3, 0.4) is 0 Å². The molecule has 0 bridgehead atoms. The lowest BCUT2D eigenvalue weighted by Crippen LogP contribution is -2.11. The molecule has 0 amide bonds. The van der Waals surface area contributed by atoms with E-state index in [1.807, 2.05) is 6.92 Å². The van der Waals surface area contributed by atoms with Gasteiger partial charge in [0.05, 0.1) is 0 Å². The Balaban J connectivity index is 3.32. The van der Waals surface area contributed by atoms with Crippen LogP contribution in [0.5, 0.6) is 0 Å². The van der Waals surface area contributed by atoms with Crippen LogP contribution < -0.4 is 0 Å². The third-order valence-corrected chi connectivity index (χ3v) is 1.27. The summed E-state index contributed by atoms with van der Waals surface area (Å²) in [6.07, 6.45) is 0.545. The maximum absolute atomic E-state index is 12.5. The van der Waals surface area contributed by atoms with Crippen LogP contribution in [-0.2, 0) is 0 Å². The summed E-state index contributed by atoms with van der Waals surface area (Å²) in [5.41, 5.74) is 0. The van der Waals surface area contributed by atoms with Gasteiger partial charge >= 0.3 is 0 Å². The van der Waals surface area contributed by atoms with Gasteiger partial charge in [0.1, 0.15) is 12.3 Å². The van der Waals surface area contributed by atoms with Gasteiger partial charge in [-0.3, -0.25) is 0 Å². The van der Waals surface area contributed by atoms with E-state index in [0.29, 0.717) is 12.8 Å². The number of hydrogen-bond donors (Lipinski definition) is 1. The highest BCUT2D eigenvalue weighted by atomic mass is 19.1. The lowest BCUT2D eigenvalue weighted by atomic mass is 10.1. The molecule has 0 saturated carbocycles. The molecule has 1 unspecified atom stereocenters. The Morgan fingerprint density at radius 3 is 2.44 bits per heavy atom. The second-order valence-electron chi connectivity index (χ2n) is 2.10. The van der Waals surface area contributed by atoms with Crippen LogP contribution in [-0.4, -0.2) is 11.3 Å². The highest BCUT2D eigenvalue weighted by Crippen LogP contribution is 2.15. The molecule has 0 heterocycles. The first-order valence-corrected chi connectivity index (χ1v) is 3.41. The molecule has 55 valence electrons.